The minimum atomic E-state index is -0.985. The zero-order valence-electron chi connectivity index (χ0n) is 11.6. The van der Waals surface area contributed by atoms with Crippen molar-refractivity contribution in [2.45, 2.75) is 27.3 Å². The molecule has 20 heavy (non-hydrogen) atoms. The molecule has 1 unspecified atom stereocenters. The first kappa shape index (κ1) is 14.4. The normalized spacial score (nSPS) is 12.9. The summed E-state index contributed by atoms with van der Waals surface area (Å²) in [5.74, 6) is -0.825. The summed E-state index contributed by atoms with van der Waals surface area (Å²) < 4.78 is 28.0. The van der Waals surface area contributed by atoms with Crippen LogP contribution in [0.1, 0.15) is 20.8 Å². The Morgan fingerprint density at radius 3 is 2.50 bits per heavy atom. The Morgan fingerprint density at radius 1 is 1.20 bits per heavy atom. The van der Waals surface area contributed by atoms with Crippen LogP contribution in [0.3, 0.4) is 0 Å². The van der Waals surface area contributed by atoms with Gasteiger partial charge in [-0.1, -0.05) is 20.8 Å². The molecule has 1 heterocycles. The van der Waals surface area contributed by atoms with E-state index in [1.54, 1.807) is 4.68 Å². The van der Waals surface area contributed by atoms with E-state index in [1.165, 1.54) is 0 Å². The Hall–Kier alpha value is -2.05. The molecule has 5 nitrogen and oxygen atoms in total. The fourth-order valence-corrected chi connectivity index (χ4v) is 1.76. The minimum Gasteiger partial charge on any atom is -0.398 e. The quantitative estimate of drug-likeness (QED) is 0.874. The second kappa shape index (κ2) is 5.52. The van der Waals surface area contributed by atoms with Gasteiger partial charge in [0.2, 0.25) is 0 Å². The maximum atomic E-state index is 13.4. The third-order valence-corrected chi connectivity index (χ3v) is 3.46. The molecule has 0 bridgehead atoms. The lowest BCUT2D eigenvalue weighted by atomic mass is 9.98. The Kier molecular flexibility index (Phi) is 3.96. The highest BCUT2D eigenvalue weighted by molar-refractivity contribution is 5.71. The molecule has 2 N–H and O–H groups in total. The molecule has 0 radical (unpaired) electrons. The van der Waals surface area contributed by atoms with Crippen molar-refractivity contribution < 1.29 is 8.78 Å². The monoisotopic (exact) mass is 281 g/mol. The fraction of sp³-hybridized carbons (Fsp3) is 0.462. The predicted octanol–water partition coefficient (Wildman–Crippen LogP) is 2.49. The number of nitrogen functional groups attached to an aromatic ring is 1. The van der Waals surface area contributed by atoms with Gasteiger partial charge in [-0.2, -0.15) is 0 Å². The van der Waals surface area contributed by atoms with Crippen molar-refractivity contribution >= 4 is 5.69 Å². The highest BCUT2D eigenvalue weighted by atomic mass is 19.2. The van der Waals surface area contributed by atoms with Crippen LogP contribution in [0.4, 0.5) is 14.5 Å². The maximum absolute atomic E-state index is 13.4. The molecule has 0 aliphatic carbocycles. The lowest BCUT2D eigenvalue weighted by molar-refractivity contribution is 0.347. The predicted molar refractivity (Wildman–Crippen MR) is 71.6 cm³/mol. The lowest BCUT2D eigenvalue weighted by Gasteiger charge is -2.16. The summed E-state index contributed by atoms with van der Waals surface area (Å²) >= 11 is 0. The SMILES string of the molecule is CC(C)C(C)Cn1nnnc1-c1cc(F)c(F)cc1N. The summed E-state index contributed by atoms with van der Waals surface area (Å²) in [6, 6.07) is 1.96. The molecule has 2 rings (SSSR count). The first-order valence-corrected chi connectivity index (χ1v) is 6.41. The van der Waals surface area contributed by atoms with E-state index in [-0.39, 0.29) is 5.69 Å². The van der Waals surface area contributed by atoms with Gasteiger partial charge in [-0.05, 0) is 28.3 Å². The van der Waals surface area contributed by atoms with Gasteiger partial charge in [-0.3, -0.25) is 0 Å². The summed E-state index contributed by atoms with van der Waals surface area (Å²) in [7, 11) is 0. The molecule has 108 valence electrons. The van der Waals surface area contributed by atoms with E-state index in [9.17, 15) is 8.78 Å². The van der Waals surface area contributed by atoms with Gasteiger partial charge < -0.3 is 5.73 Å². The standard InChI is InChI=1S/C13H17F2N5/c1-7(2)8(3)6-20-13(17-18-19-20)9-4-10(14)11(15)5-12(9)16/h4-5,7-8H,6,16H2,1-3H3. The maximum Gasteiger partial charge on any atom is 0.184 e. The smallest absolute Gasteiger partial charge is 0.184 e. The van der Waals surface area contributed by atoms with Crippen LogP contribution in [0.2, 0.25) is 0 Å². The Balaban J connectivity index is 2.40. The van der Waals surface area contributed by atoms with E-state index >= 15 is 0 Å². The number of tetrazole rings is 1. The van der Waals surface area contributed by atoms with Crippen LogP contribution in [-0.2, 0) is 6.54 Å². The second-order valence-corrected chi connectivity index (χ2v) is 5.26. The molecule has 0 saturated carbocycles. The molecule has 0 aliphatic heterocycles. The van der Waals surface area contributed by atoms with Gasteiger partial charge in [0.25, 0.3) is 0 Å². The molecule has 1 atom stereocenters. The summed E-state index contributed by atoms with van der Waals surface area (Å²) in [6.45, 7) is 6.85. The van der Waals surface area contributed by atoms with Gasteiger partial charge in [-0.25, -0.2) is 13.5 Å². The first-order valence-electron chi connectivity index (χ1n) is 6.41. The van der Waals surface area contributed by atoms with E-state index in [2.05, 4.69) is 36.3 Å². The van der Waals surface area contributed by atoms with Crippen LogP contribution in [0, 0.1) is 23.5 Å². The lowest BCUT2D eigenvalue weighted by Crippen LogP contribution is -2.15. The van der Waals surface area contributed by atoms with Crippen molar-refractivity contribution in [2.75, 3.05) is 5.73 Å². The first-order chi connectivity index (χ1) is 9.40. The number of rotatable bonds is 4. The minimum absolute atomic E-state index is 0.108. The van der Waals surface area contributed by atoms with Crippen molar-refractivity contribution in [1.29, 1.82) is 0 Å². The molecule has 1 aromatic carbocycles. The van der Waals surface area contributed by atoms with E-state index in [0.717, 1.165) is 12.1 Å². The highest BCUT2D eigenvalue weighted by Gasteiger charge is 2.18. The molecule has 0 spiro atoms. The summed E-state index contributed by atoms with van der Waals surface area (Å²) in [4.78, 5) is 0. The van der Waals surface area contributed by atoms with E-state index in [4.69, 9.17) is 5.73 Å². The number of halogens is 2. The number of anilines is 1. The van der Waals surface area contributed by atoms with Crippen LogP contribution in [-0.4, -0.2) is 20.2 Å². The van der Waals surface area contributed by atoms with Gasteiger partial charge in [0.15, 0.2) is 17.5 Å². The summed E-state index contributed by atoms with van der Waals surface area (Å²) in [5, 5.41) is 11.4. The van der Waals surface area contributed by atoms with Gasteiger partial charge in [0, 0.05) is 23.9 Å². The van der Waals surface area contributed by atoms with Gasteiger partial charge in [0.1, 0.15) is 0 Å². The topological polar surface area (TPSA) is 69.6 Å². The van der Waals surface area contributed by atoms with E-state index < -0.39 is 11.6 Å². The van der Waals surface area contributed by atoms with Crippen LogP contribution in [0.15, 0.2) is 12.1 Å². The third-order valence-electron chi connectivity index (χ3n) is 3.46. The van der Waals surface area contributed by atoms with Crippen molar-refractivity contribution in [2.24, 2.45) is 11.8 Å². The van der Waals surface area contributed by atoms with Gasteiger partial charge in [-0.15, -0.1) is 5.10 Å². The second-order valence-electron chi connectivity index (χ2n) is 5.26. The number of benzene rings is 1. The van der Waals surface area contributed by atoms with E-state index in [1.807, 2.05) is 0 Å². The number of aromatic nitrogens is 4. The highest BCUT2D eigenvalue weighted by Crippen LogP contribution is 2.27. The molecule has 0 aliphatic rings. The van der Waals surface area contributed by atoms with Crippen LogP contribution in [0.5, 0.6) is 0 Å². The van der Waals surface area contributed by atoms with Crippen molar-refractivity contribution in [3.8, 4) is 11.4 Å². The van der Waals surface area contributed by atoms with Crippen molar-refractivity contribution in [3.05, 3.63) is 23.8 Å². The Bertz CT molecular complexity index is 609. The molecule has 0 amide bonds. The zero-order chi connectivity index (χ0) is 14.9. The molecule has 1 aromatic heterocycles. The largest absolute Gasteiger partial charge is 0.398 e. The molecular weight excluding hydrogens is 264 g/mol. The fourth-order valence-electron chi connectivity index (χ4n) is 1.76. The third kappa shape index (κ3) is 2.76. The number of nitrogens with two attached hydrogens (primary N) is 1. The Labute approximate surface area is 115 Å². The number of nitrogens with zero attached hydrogens (tertiary/aromatic N) is 4. The molecular formula is C13H17F2N5. The summed E-state index contributed by atoms with van der Waals surface area (Å²) in [5.41, 5.74) is 6.13. The molecule has 0 saturated heterocycles. The molecule has 2 aromatic rings. The number of hydrogen-bond acceptors (Lipinski definition) is 4. The van der Waals surface area contributed by atoms with E-state index in [0.29, 0.717) is 29.8 Å². The van der Waals surface area contributed by atoms with Crippen LogP contribution >= 0.6 is 0 Å². The average molecular weight is 281 g/mol. The molecule has 7 heteroatoms. The van der Waals surface area contributed by atoms with Gasteiger partial charge in [0.05, 0.1) is 0 Å². The van der Waals surface area contributed by atoms with Crippen LogP contribution < -0.4 is 5.73 Å². The average Bonchev–Trinajstić information content (AvgIpc) is 2.81. The van der Waals surface area contributed by atoms with Gasteiger partial charge >= 0.3 is 0 Å². The molecule has 0 fully saturated rings. The zero-order valence-corrected chi connectivity index (χ0v) is 11.6. The number of hydrogen-bond donors (Lipinski definition) is 1. The van der Waals surface area contributed by atoms with Crippen molar-refractivity contribution in [3.63, 3.8) is 0 Å². The summed E-state index contributed by atoms with van der Waals surface area (Å²) in [6.07, 6.45) is 0. The van der Waals surface area contributed by atoms with Crippen LogP contribution in [0.25, 0.3) is 11.4 Å². The van der Waals surface area contributed by atoms with Crippen molar-refractivity contribution in [1.82, 2.24) is 20.2 Å². The Morgan fingerprint density at radius 2 is 1.85 bits per heavy atom.